The van der Waals surface area contributed by atoms with Gasteiger partial charge in [0, 0.05) is 11.6 Å². The van der Waals surface area contributed by atoms with Gasteiger partial charge in [-0.2, -0.15) is 13.2 Å². The van der Waals surface area contributed by atoms with Gasteiger partial charge in [-0.1, -0.05) is 13.0 Å². The summed E-state index contributed by atoms with van der Waals surface area (Å²) in [5.74, 6) is 1.82. The fourth-order valence-electron chi connectivity index (χ4n) is 3.91. The SMILES string of the molecule is C=CC(CC)C1CCC(Oc2ccnc3cc(C(F)(F)F)ccc23)CC1. The Morgan fingerprint density at radius 2 is 1.96 bits per heavy atom. The van der Waals surface area contributed by atoms with E-state index in [0.717, 1.165) is 44.2 Å². The van der Waals surface area contributed by atoms with Crippen LogP contribution in [0.2, 0.25) is 0 Å². The van der Waals surface area contributed by atoms with Gasteiger partial charge >= 0.3 is 6.18 Å². The van der Waals surface area contributed by atoms with Crippen molar-refractivity contribution in [1.82, 2.24) is 4.98 Å². The molecule has 1 saturated carbocycles. The lowest BCUT2D eigenvalue weighted by Gasteiger charge is -2.32. The average Bonchev–Trinajstić information content (AvgIpc) is 2.63. The Morgan fingerprint density at radius 1 is 1.23 bits per heavy atom. The van der Waals surface area contributed by atoms with E-state index >= 15 is 0 Å². The van der Waals surface area contributed by atoms with E-state index in [1.807, 2.05) is 0 Å². The highest BCUT2D eigenvalue weighted by Gasteiger charge is 2.31. The van der Waals surface area contributed by atoms with E-state index in [9.17, 15) is 13.2 Å². The summed E-state index contributed by atoms with van der Waals surface area (Å²) in [5, 5.41) is 0.625. The summed E-state index contributed by atoms with van der Waals surface area (Å²) < 4.78 is 44.8. The quantitative estimate of drug-likeness (QED) is 0.573. The van der Waals surface area contributed by atoms with E-state index in [1.54, 1.807) is 6.07 Å². The number of ether oxygens (including phenoxy) is 1. The van der Waals surface area contributed by atoms with Gasteiger partial charge in [-0.3, -0.25) is 4.98 Å². The fraction of sp³-hybridized carbons (Fsp3) is 0.476. The van der Waals surface area contributed by atoms with Crippen LogP contribution in [0.4, 0.5) is 13.2 Å². The second-order valence-electron chi connectivity index (χ2n) is 7.00. The number of nitrogens with zero attached hydrogens (tertiary/aromatic N) is 1. The third kappa shape index (κ3) is 4.02. The topological polar surface area (TPSA) is 22.1 Å². The van der Waals surface area contributed by atoms with E-state index in [-0.39, 0.29) is 6.10 Å². The summed E-state index contributed by atoms with van der Waals surface area (Å²) in [5.41, 5.74) is -0.381. The first kappa shape index (κ1) is 18.7. The van der Waals surface area contributed by atoms with Gasteiger partial charge in [0.25, 0.3) is 0 Å². The number of rotatable bonds is 5. The molecule has 3 rings (SSSR count). The molecule has 0 amide bonds. The Balaban J connectivity index is 1.73. The minimum absolute atomic E-state index is 0.0986. The molecule has 1 aromatic heterocycles. The molecule has 140 valence electrons. The number of pyridine rings is 1. The van der Waals surface area contributed by atoms with Gasteiger partial charge in [0.05, 0.1) is 17.2 Å². The van der Waals surface area contributed by atoms with Gasteiger partial charge in [0.2, 0.25) is 0 Å². The minimum Gasteiger partial charge on any atom is -0.490 e. The molecular formula is C21H24F3NO. The largest absolute Gasteiger partial charge is 0.490 e. The lowest BCUT2D eigenvalue weighted by atomic mass is 9.78. The normalized spacial score (nSPS) is 22.2. The molecule has 0 radical (unpaired) electrons. The standard InChI is InChI=1S/C21H24F3NO/c1-3-14(4-2)15-5-8-17(9-6-15)26-20-11-12-25-19-13-16(21(22,23)24)7-10-18(19)20/h3,7,10-15,17H,1,4-6,8-9H2,2H3. The number of alkyl halides is 3. The Bertz CT molecular complexity index is 763. The molecule has 2 nitrogen and oxygen atoms in total. The number of aromatic nitrogens is 1. The summed E-state index contributed by atoms with van der Waals surface area (Å²) >= 11 is 0. The second kappa shape index (κ2) is 7.68. The monoisotopic (exact) mass is 363 g/mol. The van der Waals surface area contributed by atoms with Crippen molar-refractivity contribution in [3.05, 3.63) is 48.7 Å². The molecule has 0 saturated heterocycles. The number of halogens is 3. The van der Waals surface area contributed by atoms with Crippen molar-refractivity contribution in [3.8, 4) is 5.75 Å². The van der Waals surface area contributed by atoms with Crippen LogP contribution in [0.25, 0.3) is 10.9 Å². The molecule has 0 spiro atoms. The molecule has 26 heavy (non-hydrogen) atoms. The highest BCUT2D eigenvalue weighted by atomic mass is 19.4. The Morgan fingerprint density at radius 3 is 2.58 bits per heavy atom. The number of fused-ring (bicyclic) bond motifs is 1. The lowest BCUT2D eigenvalue weighted by Crippen LogP contribution is -2.27. The fourth-order valence-corrected chi connectivity index (χ4v) is 3.91. The Labute approximate surface area is 152 Å². The van der Waals surface area contributed by atoms with Crippen LogP contribution in [0, 0.1) is 11.8 Å². The highest BCUT2D eigenvalue weighted by Crippen LogP contribution is 2.36. The number of hydrogen-bond donors (Lipinski definition) is 0. The molecule has 1 aliphatic carbocycles. The van der Waals surface area contributed by atoms with Gasteiger partial charge < -0.3 is 4.74 Å². The zero-order valence-electron chi connectivity index (χ0n) is 14.9. The first-order valence-electron chi connectivity index (χ1n) is 9.17. The van der Waals surface area contributed by atoms with Crippen LogP contribution in [0.5, 0.6) is 5.75 Å². The van der Waals surface area contributed by atoms with E-state index in [1.165, 1.54) is 12.3 Å². The van der Waals surface area contributed by atoms with E-state index in [2.05, 4.69) is 24.6 Å². The molecule has 0 N–H and O–H groups in total. The van der Waals surface area contributed by atoms with Crippen LogP contribution in [-0.4, -0.2) is 11.1 Å². The predicted molar refractivity (Wildman–Crippen MR) is 97.1 cm³/mol. The lowest BCUT2D eigenvalue weighted by molar-refractivity contribution is -0.137. The smallest absolute Gasteiger partial charge is 0.416 e. The van der Waals surface area contributed by atoms with Crippen LogP contribution in [0.15, 0.2) is 43.1 Å². The molecule has 1 aromatic carbocycles. The van der Waals surface area contributed by atoms with Crippen molar-refractivity contribution in [3.63, 3.8) is 0 Å². The van der Waals surface area contributed by atoms with Crippen molar-refractivity contribution in [2.45, 2.75) is 51.3 Å². The summed E-state index contributed by atoms with van der Waals surface area (Å²) in [6.45, 7) is 6.12. The maximum absolute atomic E-state index is 12.9. The molecule has 5 heteroatoms. The van der Waals surface area contributed by atoms with Crippen molar-refractivity contribution >= 4 is 10.9 Å². The number of hydrogen-bond acceptors (Lipinski definition) is 2. The molecule has 1 unspecified atom stereocenters. The van der Waals surface area contributed by atoms with E-state index < -0.39 is 11.7 Å². The highest BCUT2D eigenvalue weighted by molar-refractivity contribution is 5.85. The third-order valence-electron chi connectivity index (χ3n) is 5.42. The second-order valence-corrected chi connectivity index (χ2v) is 7.00. The zero-order valence-corrected chi connectivity index (χ0v) is 14.9. The Hall–Kier alpha value is -2.04. The first-order chi connectivity index (χ1) is 12.4. The van der Waals surface area contributed by atoms with Gasteiger partial charge in [0.15, 0.2) is 0 Å². The van der Waals surface area contributed by atoms with Gasteiger partial charge in [-0.15, -0.1) is 6.58 Å². The number of benzene rings is 1. The molecule has 1 aliphatic rings. The molecule has 0 aliphatic heterocycles. The number of allylic oxidation sites excluding steroid dienone is 1. The predicted octanol–water partition coefficient (Wildman–Crippen LogP) is 6.40. The van der Waals surface area contributed by atoms with Gasteiger partial charge in [-0.25, -0.2) is 0 Å². The third-order valence-corrected chi connectivity index (χ3v) is 5.42. The van der Waals surface area contributed by atoms with Crippen molar-refractivity contribution in [2.24, 2.45) is 11.8 Å². The molecule has 2 aromatic rings. The van der Waals surface area contributed by atoms with Gasteiger partial charge in [-0.05, 0) is 68.2 Å². The minimum atomic E-state index is -4.37. The zero-order chi connectivity index (χ0) is 18.7. The first-order valence-corrected chi connectivity index (χ1v) is 9.17. The summed E-state index contributed by atoms with van der Waals surface area (Å²) in [6.07, 6.45) is 4.50. The molecular weight excluding hydrogens is 339 g/mol. The van der Waals surface area contributed by atoms with Gasteiger partial charge in [0.1, 0.15) is 5.75 Å². The van der Waals surface area contributed by atoms with Crippen LogP contribution in [-0.2, 0) is 6.18 Å². The van der Waals surface area contributed by atoms with Crippen LogP contribution in [0.1, 0.15) is 44.6 Å². The summed E-state index contributed by atoms with van der Waals surface area (Å²) in [6, 6.07) is 5.36. The summed E-state index contributed by atoms with van der Waals surface area (Å²) in [4.78, 5) is 4.08. The van der Waals surface area contributed by atoms with Crippen molar-refractivity contribution in [1.29, 1.82) is 0 Å². The Kier molecular flexibility index (Phi) is 5.54. The van der Waals surface area contributed by atoms with Crippen molar-refractivity contribution < 1.29 is 17.9 Å². The summed E-state index contributed by atoms with van der Waals surface area (Å²) in [7, 11) is 0. The average molecular weight is 363 g/mol. The molecule has 1 atom stereocenters. The molecule has 1 fully saturated rings. The molecule has 1 heterocycles. The van der Waals surface area contributed by atoms with Crippen LogP contribution < -0.4 is 4.74 Å². The molecule has 0 bridgehead atoms. The maximum Gasteiger partial charge on any atom is 0.416 e. The van der Waals surface area contributed by atoms with Crippen LogP contribution in [0.3, 0.4) is 0 Å². The van der Waals surface area contributed by atoms with Crippen molar-refractivity contribution in [2.75, 3.05) is 0 Å². The van der Waals surface area contributed by atoms with E-state index in [4.69, 9.17) is 4.74 Å². The van der Waals surface area contributed by atoms with Crippen LogP contribution >= 0.6 is 0 Å². The van der Waals surface area contributed by atoms with E-state index in [0.29, 0.717) is 28.5 Å². The maximum atomic E-state index is 12.9.